The van der Waals surface area contributed by atoms with Crippen molar-refractivity contribution in [1.82, 2.24) is 0 Å². The highest BCUT2D eigenvalue weighted by atomic mass is 16.6. The Morgan fingerprint density at radius 1 is 1.33 bits per heavy atom. The Bertz CT molecular complexity index is 418. The first-order valence-electron chi connectivity index (χ1n) is 8.06. The van der Waals surface area contributed by atoms with Crippen molar-refractivity contribution in [3.8, 4) is 0 Å². The Labute approximate surface area is 128 Å². The van der Waals surface area contributed by atoms with Crippen LogP contribution in [0.1, 0.15) is 52.4 Å². The quantitative estimate of drug-likeness (QED) is 0.783. The monoisotopic (exact) mass is 292 g/mol. The molecule has 0 amide bonds. The fourth-order valence-corrected chi connectivity index (χ4v) is 4.08. The van der Waals surface area contributed by atoms with Crippen LogP contribution >= 0.6 is 0 Å². The zero-order chi connectivity index (χ0) is 15.6. The maximum Gasteiger partial charge on any atom is 0.197 e. The van der Waals surface area contributed by atoms with Crippen molar-refractivity contribution < 1.29 is 14.6 Å². The van der Waals surface area contributed by atoms with Crippen molar-refractivity contribution in [1.29, 1.82) is 0 Å². The van der Waals surface area contributed by atoms with Crippen LogP contribution in [-0.4, -0.2) is 17.2 Å². The van der Waals surface area contributed by atoms with Gasteiger partial charge in [-0.2, -0.15) is 0 Å². The highest BCUT2D eigenvalue weighted by Gasteiger charge is 2.38. The summed E-state index contributed by atoms with van der Waals surface area (Å²) in [7, 11) is 0. The number of carbonyl (C=O) groups excluding carboxylic acids is 1. The summed E-state index contributed by atoms with van der Waals surface area (Å²) in [5.41, 5.74) is 1.10. The predicted octanol–water partition coefficient (Wildman–Crippen LogP) is 3.83. The van der Waals surface area contributed by atoms with Crippen molar-refractivity contribution in [3.05, 3.63) is 24.5 Å². The van der Waals surface area contributed by atoms with Crippen molar-refractivity contribution in [3.63, 3.8) is 0 Å². The van der Waals surface area contributed by atoms with Crippen LogP contribution in [0.3, 0.4) is 0 Å². The zero-order valence-electron chi connectivity index (χ0n) is 13.3. The van der Waals surface area contributed by atoms with E-state index < -0.39 is 6.29 Å². The van der Waals surface area contributed by atoms with Crippen molar-refractivity contribution in [2.24, 2.45) is 23.7 Å². The van der Waals surface area contributed by atoms with Gasteiger partial charge in [-0.1, -0.05) is 12.2 Å². The first-order valence-corrected chi connectivity index (χ1v) is 8.06. The molecular formula is C18H28O3. The number of ether oxygens (including phenoxy) is 1. The topological polar surface area (TPSA) is 46.5 Å². The van der Waals surface area contributed by atoms with E-state index in [1.807, 2.05) is 6.92 Å². The standard InChI is InChI=1S/C18H28O3/c1-11(2)9-16(12(3)19)14-5-7-15(8-6-14)17-10-18(20)21-13(17)4/h14-18,20H,1,4-10H2,2-3H3. The molecule has 1 heterocycles. The third-order valence-electron chi connectivity index (χ3n) is 5.20. The van der Waals surface area contributed by atoms with Crippen LogP contribution in [-0.2, 0) is 9.53 Å². The van der Waals surface area contributed by atoms with Gasteiger partial charge in [-0.05, 0) is 57.8 Å². The fraction of sp³-hybridized carbons (Fsp3) is 0.722. The van der Waals surface area contributed by atoms with Gasteiger partial charge in [0.05, 0.1) is 5.76 Å². The van der Waals surface area contributed by atoms with Crippen molar-refractivity contribution in [2.45, 2.75) is 58.7 Å². The molecule has 0 aromatic rings. The number of rotatable bonds is 5. The highest BCUT2D eigenvalue weighted by molar-refractivity contribution is 5.78. The van der Waals surface area contributed by atoms with Gasteiger partial charge in [0.15, 0.2) is 6.29 Å². The smallest absolute Gasteiger partial charge is 0.197 e. The minimum Gasteiger partial charge on any atom is -0.470 e. The highest BCUT2D eigenvalue weighted by Crippen LogP contribution is 2.44. The van der Waals surface area contributed by atoms with Gasteiger partial charge in [-0.25, -0.2) is 0 Å². The van der Waals surface area contributed by atoms with Crippen LogP contribution in [0.4, 0.5) is 0 Å². The van der Waals surface area contributed by atoms with E-state index in [0.29, 0.717) is 24.0 Å². The lowest BCUT2D eigenvalue weighted by Crippen LogP contribution is -2.29. The Morgan fingerprint density at radius 3 is 2.38 bits per heavy atom. The number of aliphatic hydroxyl groups excluding tert-OH is 1. The van der Waals surface area contributed by atoms with Gasteiger partial charge in [0, 0.05) is 18.3 Å². The summed E-state index contributed by atoms with van der Waals surface area (Å²) in [6.07, 6.45) is 5.20. The third kappa shape index (κ3) is 3.97. The van der Waals surface area contributed by atoms with Gasteiger partial charge in [-0.3, -0.25) is 4.79 Å². The van der Waals surface area contributed by atoms with Crippen LogP contribution in [0.15, 0.2) is 24.5 Å². The molecular weight excluding hydrogens is 264 g/mol. The van der Waals surface area contributed by atoms with E-state index in [9.17, 15) is 9.90 Å². The number of hydrogen-bond acceptors (Lipinski definition) is 3. The molecule has 2 aliphatic rings. The van der Waals surface area contributed by atoms with Crippen LogP contribution in [0.5, 0.6) is 0 Å². The Kier molecular flexibility index (Phi) is 5.26. The summed E-state index contributed by atoms with van der Waals surface area (Å²) in [6, 6.07) is 0. The normalized spacial score (nSPS) is 34.3. The molecule has 0 radical (unpaired) electrons. The molecule has 3 unspecified atom stereocenters. The summed E-state index contributed by atoms with van der Waals surface area (Å²) in [6.45, 7) is 11.6. The van der Waals surface area contributed by atoms with E-state index in [1.165, 1.54) is 0 Å². The number of carbonyl (C=O) groups is 1. The summed E-state index contributed by atoms with van der Waals surface area (Å²) in [5, 5.41) is 9.58. The Balaban J connectivity index is 1.91. The SMILES string of the molecule is C=C(C)CC(C(C)=O)C1CCC(C2CC(O)OC2=C)CC1. The van der Waals surface area contributed by atoms with Crippen LogP contribution in [0, 0.1) is 23.7 Å². The number of hydrogen-bond donors (Lipinski definition) is 1. The molecule has 1 saturated carbocycles. The molecule has 1 saturated heterocycles. The molecule has 0 bridgehead atoms. The molecule has 0 aromatic carbocycles. The molecule has 0 spiro atoms. The number of aliphatic hydroxyl groups is 1. The molecule has 2 rings (SSSR count). The Morgan fingerprint density at radius 2 is 1.95 bits per heavy atom. The van der Waals surface area contributed by atoms with E-state index in [4.69, 9.17) is 4.74 Å². The second kappa shape index (κ2) is 6.78. The minimum atomic E-state index is -0.673. The lowest BCUT2D eigenvalue weighted by molar-refractivity contribution is -0.122. The Hall–Kier alpha value is -1.09. The average Bonchev–Trinajstić information content (AvgIpc) is 2.75. The lowest BCUT2D eigenvalue weighted by Gasteiger charge is -2.35. The molecule has 0 aromatic heterocycles. The largest absolute Gasteiger partial charge is 0.470 e. The van der Waals surface area contributed by atoms with E-state index in [-0.39, 0.29) is 11.8 Å². The maximum atomic E-state index is 11.9. The maximum absolute atomic E-state index is 11.9. The van der Waals surface area contributed by atoms with Gasteiger partial charge in [0.1, 0.15) is 5.78 Å². The van der Waals surface area contributed by atoms with Gasteiger partial charge in [-0.15, -0.1) is 6.58 Å². The van der Waals surface area contributed by atoms with Crippen LogP contribution in [0.25, 0.3) is 0 Å². The van der Waals surface area contributed by atoms with Gasteiger partial charge in [0.25, 0.3) is 0 Å². The van der Waals surface area contributed by atoms with Crippen molar-refractivity contribution >= 4 is 5.78 Å². The van der Waals surface area contributed by atoms with Crippen molar-refractivity contribution in [2.75, 3.05) is 0 Å². The lowest BCUT2D eigenvalue weighted by atomic mass is 9.69. The fourth-order valence-electron chi connectivity index (χ4n) is 4.08. The summed E-state index contributed by atoms with van der Waals surface area (Å²) in [5.74, 6) is 2.50. The molecule has 118 valence electrons. The minimum absolute atomic E-state index is 0.136. The molecule has 3 nitrogen and oxygen atoms in total. The number of allylic oxidation sites excluding steroid dienone is 2. The summed E-state index contributed by atoms with van der Waals surface area (Å²) < 4.78 is 5.29. The molecule has 21 heavy (non-hydrogen) atoms. The third-order valence-corrected chi connectivity index (χ3v) is 5.20. The van der Waals surface area contributed by atoms with Crippen LogP contribution < -0.4 is 0 Å². The van der Waals surface area contributed by atoms with Crippen LogP contribution in [0.2, 0.25) is 0 Å². The molecule has 1 aliphatic heterocycles. The molecule has 1 aliphatic carbocycles. The first kappa shape index (κ1) is 16.3. The predicted molar refractivity (Wildman–Crippen MR) is 83.4 cm³/mol. The van der Waals surface area contributed by atoms with E-state index >= 15 is 0 Å². The number of ketones is 1. The second-order valence-electron chi connectivity index (χ2n) is 6.93. The first-order chi connectivity index (χ1) is 9.88. The second-order valence-corrected chi connectivity index (χ2v) is 6.93. The summed E-state index contributed by atoms with van der Waals surface area (Å²) in [4.78, 5) is 11.9. The molecule has 3 atom stereocenters. The van der Waals surface area contributed by atoms with Gasteiger partial charge >= 0.3 is 0 Å². The average molecular weight is 292 g/mol. The summed E-state index contributed by atoms with van der Waals surface area (Å²) >= 11 is 0. The van der Waals surface area contributed by atoms with E-state index in [1.54, 1.807) is 6.92 Å². The molecule has 1 N–H and O–H groups in total. The van der Waals surface area contributed by atoms with E-state index in [0.717, 1.165) is 43.4 Å². The molecule has 3 heteroatoms. The van der Waals surface area contributed by atoms with Gasteiger partial charge < -0.3 is 9.84 Å². The van der Waals surface area contributed by atoms with Gasteiger partial charge in [0.2, 0.25) is 0 Å². The zero-order valence-corrected chi connectivity index (χ0v) is 13.3. The number of Topliss-reactive ketones (excluding diaryl/α,β-unsaturated/α-hetero) is 1. The van der Waals surface area contributed by atoms with E-state index in [2.05, 4.69) is 13.2 Å². The molecule has 2 fully saturated rings.